The Morgan fingerprint density at radius 2 is 1.73 bits per heavy atom. The summed E-state index contributed by atoms with van der Waals surface area (Å²) in [6.45, 7) is 3.63. The van der Waals surface area contributed by atoms with Crippen LogP contribution in [0, 0.1) is 10.1 Å². The smallest absolute Gasteiger partial charge is 0.235 e. The lowest BCUT2D eigenvalue weighted by Crippen LogP contribution is -2.30. The van der Waals surface area contributed by atoms with Gasteiger partial charge >= 0.3 is 0 Å². The first-order valence-corrected chi connectivity index (χ1v) is 5.91. The minimum absolute atomic E-state index is 0.415. The van der Waals surface area contributed by atoms with Crippen LogP contribution in [0.25, 0.3) is 0 Å². The van der Waals surface area contributed by atoms with E-state index in [-0.39, 0.29) is 0 Å². The van der Waals surface area contributed by atoms with Gasteiger partial charge in [0.1, 0.15) is 6.10 Å². The van der Waals surface area contributed by atoms with Gasteiger partial charge < -0.3 is 5.11 Å². The first-order chi connectivity index (χ1) is 7.09. The van der Waals surface area contributed by atoms with Crippen molar-refractivity contribution in [3.8, 4) is 0 Å². The molecule has 0 spiro atoms. The molecule has 0 aliphatic carbocycles. The van der Waals surface area contributed by atoms with Crippen LogP contribution >= 0.6 is 0 Å². The fourth-order valence-corrected chi connectivity index (χ4v) is 1.52. The minimum Gasteiger partial charge on any atom is -0.386 e. The summed E-state index contributed by atoms with van der Waals surface area (Å²) in [4.78, 5) is 9.95. The molecule has 4 nitrogen and oxygen atoms in total. The maximum Gasteiger partial charge on any atom is 0.235 e. The standard InChI is InChI=1S/C11H23NO3/c1-3-4-5-6-7-8-9-11(13)10(2)12(14)15/h10-11,13H,3-9H2,1-2H3/t10-,11-/m1/s1. The molecule has 0 radical (unpaired) electrons. The number of hydrogen-bond donors (Lipinski definition) is 1. The zero-order valence-corrected chi connectivity index (χ0v) is 9.82. The van der Waals surface area contributed by atoms with Gasteiger partial charge in [-0.1, -0.05) is 45.4 Å². The lowest BCUT2D eigenvalue weighted by Gasteiger charge is -2.11. The zero-order valence-electron chi connectivity index (χ0n) is 9.82. The molecule has 2 atom stereocenters. The monoisotopic (exact) mass is 217 g/mol. The van der Waals surface area contributed by atoms with Crippen molar-refractivity contribution in [3.05, 3.63) is 10.1 Å². The van der Waals surface area contributed by atoms with E-state index in [1.165, 1.54) is 32.6 Å². The van der Waals surface area contributed by atoms with Gasteiger partial charge in [0, 0.05) is 11.8 Å². The number of nitro groups is 1. The van der Waals surface area contributed by atoms with E-state index in [9.17, 15) is 15.2 Å². The molecule has 4 heteroatoms. The molecule has 0 aliphatic heterocycles. The van der Waals surface area contributed by atoms with Gasteiger partial charge in [0.15, 0.2) is 0 Å². The molecule has 0 aromatic carbocycles. The van der Waals surface area contributed by atoms with E-state index in [0.717, 1.165) is 12.8 Å². The lowest BCUT2D eigenvalue weighted by molar-refractivity contribution is -0.530. The van der Waals surface area contributed by atoms with Crippen molar-refractivity contribution in [1.82, 2.24) is 0 Å². The summed E-state index contributed by atoms with van der Waals surface area (Å²) in [6, 6.07) is -0.833. The highest BCUT2D eigenvalue weighted by Gasteiger charge is 2.22. The predicted molar refractivity (Wildman–Crippen MR) is 60.5 cm³/mol. The fourth-order valence-electron chi connectivity index (χ4n) is 1.52. The van der Waals surface area contributed by atoms with Gasteiger partial charge in [-0.05, 0) is 6.42 Å². The Morgan fingerprint density at radius 1 is 1.20 bits per heavy atom. The van der Waals surface area contributed by atoms with Crippen molar-refractivity contribution >= 4 is 0 Å². The Morgan fingerprint density at radius 3 is 2.27 bits per heavy atom. The second-order valence-electron chi connectivity index (χ2n) is 4.15. The normalized spacial score (nSPS) is 14.9. The van der Waals surface area contributed by atoms with Gasteiger partial charge in [-0.3, -0.25) is 10.1 Å². The first kappa shape index (κ1) is 14.4. The molecule has 0 bridgehead atoms. The van der Waals surface area contributed by atoms with E-state index >= 15 is 0 Å². The average Bonchev–Trinajstić information content (AvgIpc) is 2.21. The number of unbranched alkanes of at least 4 members (excludes halogenated alkanes) is 5. The lowest BCUT2D eigenvalue weighted by atomic mass is 10.0. The predicted octanol–water partition coefficient (Wildman–Crippen LogP) is 2.76. The van der Waals surface area contributed by atoms with Crippen molar-refractivity contribution in [2.24, 2.45) is 0 Å². The Hall–Kier alpha value is -0.640. The molecule has 0 amide bonds. The van der Waals surface area contributed by atoms with E-state index < -0.39 is 17.1 Å². The third-order valence-corrected chi connectivity index (χ3v) is 2.74. The van der Waals surface area contributed by atoms with Crippen molar-refractivity contribution in [2.75, 3.05) is 0 Å². The van der Waals surface area contributed by atoms with Crippen LogP contribution in [0.15, 0.2) is 0 Å². The Kier molecular flexibility index (Phi) is 8.28. The number of aliphatic hydroxyl groups is 1. The highest BCUT2D eigenvalue weighted by Crippen LogP contribution is 2.11. The van der Waals surface area contributed by atoms with Crippen molar-refractivity contribution in [2.45, 2.75) is 70.9 Å². The van der Waals surface area contributed by atoms with Gasteiger partial charge in [0.25, 0.3) is 0 Å². The topological polar surface area (TPSA) is 63.4 Å². The van der Waals surface area contributed by atoms with Crippen LogP contribution in [-0.4, -0.2) is 22.2 Å². The number of hydrogen-bond acceptors (Lipinski definition) is 3. The van der Waals surface area contributed by atoms with E-state index in [1.54, 1.807) is 0 Å². The second-order valence-corrected chi connectivity index (χ2v) is 4.15. The van der Waals surface area contributed by atoms with E-state index in [1.807, 2.05) is 0 Å². The van der Waals surface area contributed by atoms with Crippen LogP contribution in [-0.2, 0) is 0 Å². The molecule has 0 fully saturated rings. The molecule has 0 aromatic heterocycles. The van der Waals surface area contributed by atoms with Crippen LogP contribution in [0.2, 0.25) is 0 Å². The van der Waals surface area contributed by atoms with Gasteiger partial charge in [-0.25, -0.2) is 0 Å². The van der Waals surface area contributed by atoms with Crippen molar-refractivity contribution < 1.29 is 10.0 Å². The van der Waals surface area contributed by atoms with Crippen LogP contribution in [0.4, 0.5) is 0 Å². The van der Waals surface area contributed by atoms with Crippen molar-refractivity contribution in [1.29, 1.82) is 0 Å². The molecule has 0 saturated heterocycles. The molecule has 0 saturated carbocycles. The Bertz CT molecular complexity index is 173. The summed E-state index contributed by atoms with van der Waals surface area (Å²) in [5.41, 5.74) is 0. The minimum atomic E-state index is -0.833. The van der Waals surface area contributed by atoms with Crippen LogP contribution < -0.4 is 0 Å². The SMILES string of the molecule is CCCCCCCC[C@@H](O)[C@@H](C)[N+](=O)[O-]. The number of rotatable bonds is 9. The third-order valence-electron chi connectivity index (χ3n) is 2.74. The molecule has 15 heavy (non-hydrogen) atoms. The maximum atomic E-state index is 10.4. The molecular formula is C11H23NO3. The van der Waals surface area contributed by atoms with Gasteiger partial charge in [-0.2, -0.15) is 0 Å². The van der Waals surface area contributed by atoms with Gasteiger partial charge in [-0.15, -0.1) is 0 Å². The molecular weight excluding hydrogens is 194 g/mol. The van der Waals surface area contributed by atoms with Crippen LogP contribution in [0.1, 0.15) is 58.8 Å². The average molecular weight is 217 g/mol. The van der Waals surface area contributed by atoms with E-state index in [2.05, 4.69) is 6.92 Å². The fraction of sp³-hybridized carbons (Fsp3) is 1.00. The first-order valence-electron chi connectivity index (χ1n) is 5.91. The summed E-state index contributed by atoms with van der Waals surface area (Å²) in [5, 5.41) is 19.8. The summed E-state index contributed by atoms with van der Waals surface area (Å²) >= 11 is 0. The van der Waals surface area contributed by atoms with Crippen LogP contribution in [0.5, 0.6) is 0 Å². The largest absolute Gasteiger partial charge is 0.386 e. The maximum absolute atomic E-state index is 10.4. The van der Waals surface area contributed by atoms with E-state index in [0.29, 0.717) is 6.42 Å². The highest BCUT2D eigenvalue weighted by molar-refractivity contribution is 4.62. The molecule has 0 unspecified atom stereocenters. The number of nitrogens with zero attached hydrogens (tertiary/aromatic N) is 1. The summed E-state index contributed by atoms with van der Waals surface area (Å²) < 4.78 is 0. The summed E-state index contributed by atoms with van der Waals surface area (Å²) in [5.74, 6) is 0. The van der Waals surface area contributed by atoms with Crippen molar-refractivity contribution in [3.63, 3.8) is 0 Å². The highest BCUT2D eigenvalue weighted by atomic mass is 16.6. The number of aliphatic hydroxyl groups excluding tert-OH is 1. The van der Waals surface area contributed by atoms with Gasteiger partial charge in [0.05, 0.1) is 0 Å². The molecule has 0 heterocycles. The molecule has 0 aromatic rings. The molecule has 90 valence electrons. The summed E-state index contributed by atoms with van der Waals surface area (Å²) in [7, 11) is 0. The second kappa shape index (κ2) is 8.65. The quantitative estimate of drug-likeness (QED) is 0.367. The molecule has 0 rings (SSSR count). The summed E-state index contributed by atoms with van der Waals surface area (Å²) in [6.07, 6.45) is 6.62. The van der Waals surface area contributed by atoms with Gasteiger partial charge in [0.2, 0.25) is 6.04 Å². The Balaban J connectivity index is 3.38. The van der Waals surface area contributed by atoms with E-state index in [4.69, 9.17) is 0 Å². The Labute approximate surface area is 91.8 Å². The molecule has 1 N–H and O–H groups in total. The third kappa shape index (κ3) is 7.31. The zero-order chi connectivity index (χ0) is 11.7. The van der Waals surface area contributed by atoms with Crippen LogP contribution in [0.3, 0.4) is 0 Å². The molecule has 0 aliphatic rings.